The Morgan fingerprint density at radius 2 is 2.20 bits per heavy atom. The lowest BCUT2D eigenvalue weighted by Crippen LogP contribution is -2.54. The van der Waals surface area contributed by atoms with E-state index in [4.69, 9.17) is 16.3 Å². The third kappa shape index (κ3) is 1.76. The minimum Gasteiger partial charge on any atom is -0.467 e. The maximum absolute atomic E-state index is 13.2. The number of fused-ring (bicyclic) bond motifs is 1. The van der Waals surface area contributed by atoms with Gasteiger partial charge in [0.1, 0.15) is 11.0 Å². The first-order valence-electron chi connectivity index (χ1n) is 6.20. The zero-order valence-corrected chi connectivity index (χ0v) is 11.6. The van der Waals surface area contributed by atoms with Gasteiger partial charge in [-0.05, 0) is 12.8 Å². The minimum atomic E-state index is -2.41. The number of aliphatic hydroxyl groups excluding tert-OH is 1. The van der Waals surface area contributed by atoms with Gasteiger partial charge in [-0.2, -0.15) is 9.97 Å². The number of nitrogens with zero attached hydrogens (tertiary/aromatic N) is 3. The van der Waals surface area contributed by atoms with Crippen LogP contribution in [0.1, 0.15) is 12.8 Å². The van der Waals surface area contributed by atoms with Crippen LogP contribution in [0.3, 0.4) is 0 Å². The van der Waals surface area contributed by atoms with Crippen molar-refractivity contribution in [1.29, 1.82) is 0 Å². The third-order valence-corrected chi connectivity index (χ3v) is 4.48. The number of methoxy groups -OCH3 is 1. The van der Waals surface area contributed by atoms with Crippen LogP contribution in [0.2, 0.25) is 5.15 Å². The van der Waals surface area contributed by atoms with Gasteiger partial charge in [-0.15, -0.1) is 0 Å². The quantitative estimate of drug-likeness (QED) is 0.859. The topological polar surface area (TPSA) is 58.5 Å². The molecule has 3 aliphatic rings. The van der Waals surface area contributed by atoms with E-state index < -0.39 is 17.4 Å². The van der Waals surface area contributed by atoms with Gasteiger partial charge in [-0.3, -0.25) is 0 Å². The fourth-order valence-electron chi connectivity index (χ4n) is 3.40. The van der Waals surface area contributed by atoms with Gasteiger partial charge in [0, 0.05) is 12.6 Å². The van der Waals surface area contributed by atoms with Gasteiger partial charge >= 0.3 is 6.01 Å². The predicted molar refractivity (Wildman–Crippen MR) is 68.4 cm³/mol. The van der Waals surface area contributed by atoms with E-state index >= 15 is 0 Å². The number of hydrogen-bond donors (Lipinski definition) is 1. The van der Waals surface area contributed by atoms with Gasteiger partial charge < -0.3 is 14.7 Å². The molecule has 4 rings (SSSR count). The second-order valence-corrected chi connectivity index (χ2v) is 5.91. The Balaban J connectivity index is 1.97. The number of ether oxygens (including phenoxy) is 1. The van der Waals surface area contributed by atoms with E-state index in [2.05, 4.69) is 9.97 Å². The van der Waals surface area contributed by atoms with E-state index in [-0.39, 0.29) is 37.2 Å². The molecule has 8 heteroatoms. The van der Waals surface area contributed by atoms with Gasteiger partial charge in [-0.25, -0.2) is 8.78 Å². The molecule has 110 valence electrons. The van der Waals surface area contributed by atoms with Crippen molar-refractivity contribution >= 4 is 17.4 Å². The summed E-state index contributed by atoms with van der Waals surface area (Å²) in [5.41, 5.74) is -1.72. The summed E-state index contributed by atoms with van der Waals surface area (Å²) in [6.45, 7) is -0.0346. The summed E-state index contributed by atoms with van der Waals surface area (Å²) in [7, 11) is 1.40. The SMILES string of the molecule is COc1nc(Cl)cc(N2CC3(C(F)F)CC2(CO)C3)n1. The molecule has 1 aromatic rings. The lowest BCUT2D eigenvalue weighted by Gasteiger charge is -2.46. The summed E-state index contributed by atoms with van der Waals surface area (Å²) >= 11 is 5.89. The van der Waals surface area contributed by atoms with Crippen LogP contribution in [0.4, 0.5) is 14.6 Å². The molecule has 1 N–H and O–H groups in total. The fourth-order valence-corrected chi connectivity index (χ4v) is 3.57. The van der Waals surface area contributed by atoms with Gasteiger partial charge in [-0.1, -0.05) is 11.6 Å². The van der Waals surface area contributed by atoms with Crippen molar-refractivity contribution < 1.29 is 18.6 Å². The van der Waals surface area contributed by atoms with Gasteiger partial charge in [0.15, 0.2) is 0 Å². The Morgan fingerprint density at radius 3 is 2.75 bits per heavy atom. The first-order valence-corrected chi connectivity index (χ1v) is 6.58. The first kappa shape index (κ1) is 13.8. The van der Waals surface area contributed by atoms with Crippen molar-refractivity contribution in [2.24, 2.45) is 5.41 Å². The van der Waals surface area contributed by atoms with Crippen LogP contribution in [-0.4, -0.2) is 47.3 Å². The average Bonchev–Trinajstić information content (AvgIpc) is 2.89. The van der Waals surface area contributed by atoms with Gasteiger partial charge in [0.2, 0.25) is 6.43 Å². The number of aromatic nitrogens is 2. The van der Waals surface area contributed by atoms with E-state index in [0.717, 1.165) is 0 Å². The van der Waals surface area contributed by atoms with Crippen molar-refractivity contribution in [3.05, 3.63) is 11.2 Å². The highest BCUT2D eigenvalue weighted by Crippen LogP contribution is 2.62. The van der Waals surface area contributed by atoms with Gasteiger partial charge in [0.05, 0.1) is 24.7 Å². The molecule has 0 atom stereocenters. The maximum atomic E-state index is 13.2. The van der Waals surface area contributed by atoms with E-state index in [1.807, 2.05) is 0 Å². The Kier molecular flexibility index (Phi) is 3.02. The van der Waals surface area contributed by atoms with E-state index in [1.165, 1.54) is 13.2 Å². The highest BCUT2D eigenvalue weighted by atomic mass is 35.5. The molecule has 2 aliphatic heterocycles. The number of halogens is 3. The van der Waals surface area contributed by atoms with Crippen molar-refractivity contribution in [3.8, 4) is 6.01 Å². The Morgan fingerprint density at radius 1 is 1.50 bits per heavy atom. The Labute approximate surface area is 119 Å². The summed E-state index contributed by atoms with van der Waals surface area (Å²) in [5, 5.41) is 9.77. The zero-order chi connectivity index (χ0) is 14.5. The predicted octanol–water partition coefficient (Wildman–Crippen LogP) is 1.73. The van der Waals surface area contributed by atoms with Crippen molar-refractivity contribution in [1.82, 2.24) is 9.97 Å². The summed E-state index contributed by atoms with van der Waals surface area (Å²) < 4.78 is 31.3. The monoisotopic (exact) mass is 305 g/mol. The normalized spacial score (nSPS) is 31.6. The Bertz CT molecular complexity index is 537. The second kappa shape index (κ2) is 4.39. The lowest BCUT2D eigenvalue weighted by atomic mass is 9.62. The molecule has 20 heavy (non-hydrogen) atoms. The van der Waals surface area contributed by atoms with Crippen LogP contribution in [0.25, 0.3) is 0 Å². The molecular formula is C12H14ClF2N3O2. The number of alkyl halides is 2. The molecule has 1 aromatic heterocycles. The van der Waals surface area contributed by atoms with Crippen LogP contribution in [0.5, 0.6) is 6.01 Å². The summed E-state index contributed by atoms with van der Waals surface area (Å²) in [4.78, 5) is 9.71. The van der Waals surface area contributed by atoms with Crippen molar-refractivity contribution in [2.45, 2.75) is 24.8 Å². The highest BCUT2D eigenvalue weighted by Gasteiger charge is 2.69. The largest absolute Gasteiger partial charge is 0.467 e. The van der Waals surface area contributed by atoms with Crippen LogP contribution in [-0.2, 0) is 0 Å². The van der Waals surface area contributed by atoms with Crippen LogP contribution in [0, 0.1) is 5.41 Å². The zero-order valence-electron chi connectivity index (χ0n) is 10.8. The molecule has 5 nitrogen and oxygen atoms in total. The molecule has 0 aromatic carbocycles. The molecule has 0 radical (unpaired) electrons. The molecule has 3 heterocycles. The van der Waals surface area contributed by atoms with E-state index in [9.17, 15) is 13.9 Å². The molecule has 3 fully saturated rings. The van der Waals surface area contributed by atoms with E-state index in [0.29, 0.717) is 5.82 Å². The van der Waals surface area contributed by atoms with Crippen molar-refractivity contribution in [2.75, 3.05) is 25.2 Å². The van der Waals surface area contributed by atoms with Crippen LogP contribution in [0.15, 0.2) is 6.07 Å². The van der Waals surface area contributed by atoms with Crippen molar-refractivity contribution in [3.63, 3.8) is 0 Å². The molecule has 0 spiro atoms. The number of aliphatic hydroxyl groups is 1. The molecule has 0 unspecified atom stereocenters. The molecule has 0 amide bonds. The first-order chi connectivity index (χ1) is 9.44. The molecule has 1 saturated carbocycles. The minimum absolute atomic E-state index is 0.0794. The third-order valence-electron chi connectivity index (χ3n) is 4.29. The summed E-state index contributed by atoms with van der Waals surface area (Å²) in [6, 6.07) is 1.58. The standard InChI is InChI=1S/C12H14ClF2N3O2/c1-20-10-16-7(13)2-8(17-10)18-5-11(9(14)15)3-12(18,4-11)6-19/h2,9,19H,3-6H2,1H3. The molecule has 2 bridgehead atoms. The number of anilines is 1. The van der Waals surface area contributed by atoms with Gasteiger partial charge in [0.25, 0.3) is 0 Å². The summed E-state index contributed by atoms with van der Waals surface area (Å²) in [6.07, 6.45) is -1.89. The lowest BCUT2D eigenvalue weighted by molar-refractivity contribution is -0.0639. The fraction of sp³-hybridized carbons (Fsp3) is 0.667. The molecule has 1 aliphatic carbocycles. The molecule has 2 saturated heterocycles. The molecular weight excluding hydrogens is 292 g/mol. The maximum Gasteiger partial charge on any atom is 0.319 e. The smallest absolute Gasteiger partial charge is 0.319 e. The number of hydrogen-bond acceptors (Lipinski definition) is 5. The van der Waals surface area contributed by atoms with Crippen LogP contribution >= 0.6 is 11.6 Å². The Hall–Kier alpha value is -1.21. The average molecular weight is 306 g/mol. The summed E-state index contributed by atoms with van der Waals surface area (Å²) in [5.74, 6) is 0.413. The van der Waals surface area contributed by atoms with Crippen LogP contribution < -0.4 is 9.64 Å². The highest BCUT2D eigenvalue weighted by molar-refractivity contribution is 6.29. The number of rotatable bonds is 4. The second-order valence-electron chi connectivity index (χ2n) is 5.52. The van der Waals surface area contributed by atoms with E-state index in [1.54, 1.807) is 4.90 Å².